The fourth-order valence-electron chi connectivity index (χ4n) is 7.90. The molecule has 58 heavy (non-hydrogen) atoms. The van der Waals surface area contributed by atoms with Crippen LogP contribution in [0.5, 0.6) is 0 Å². The van der Waals surface area contributed by atoms with Gasteiger partial charge in [0.15, 0.2) is 5.03 Å². The number of Topliss-reactive ketones (excluding diaryl/α,β-unsaturated/α-hetero) is 1. The standard InChI is InChI=1S/C43H63N7O7S/c1-10-12-19-32(37(51)39(53)45-22-11-2)46-38(52)36-31(42(3,4)5)21-24-50(36)40(54)35(30-25-28-17-13-14-18-29(28)26-30)48-41(55)47-33(43(6,7)8)27-49(9)58(56,57)34-20-15-16-23-44-34/h11,13-18,20,23,30-33,35-36H,2,10,12,19,21-22,24-27H2,1,3-9H3,(H,45,53)(H,46,52)(H2,47,48,55)/t31-,32?,33+,35-,36-/m0/s1. The molecule has 14 nitrogen and oxygen atoms in total. The van der Waals surface area contributed by atoms with Crippen LogP contribution in [0.2, 0.25) is 0 Å². The van der Waals surface area contributed by atoms with E-state index in [0.717, 1.165) is 21.9 Å². The highest BCUT2D eigenvalue weighted by molar-refractivity contribution is 7.89. The molecule has 1 fully saturated rings. The van der Waals surface area contributed by atoms with E-state index in [1.54, 1.807) is 12.1 Å². The molecule has 2 heterocycles. The van der Waals surface area contributed by atoms with Gasteiger partial charge in [-0.25, -0.2) is 18.2 Å². The maximum absolute atomic E-state index is 15.0. The number of carbonyl (C=O) groups excluding carboxylic acids is 5. The second kappa shape index (κ2) is 19.4. The molecule has 15 heteroatoms. The number of sulfonamides is 1. The summed E-state index contributed by atoms with van der Waals surface area (Å²) in [5.41, 5.74) is 1.10. The van der Waals surface area contributed by atoms with Crippen LogP contribution < -0.4 is 21.3 Å². The van der Waals surface area contributed by atoms with Crippen molar-refractivity contribution in [2.24, 2.45) is 22.7 Å². The zero-order chi connectivity index (χ0) is 43.0. The van der Waals surface area contributed by atoms with Crippen LogP contribution in [0.15, 0.2) is 66.3 Å². The van der Waals surface area contributed by atoms with E-state index < -0.39 is 74.6 Å². The van der Waals surface area contributed by atoms with Gasteiger partial charge in [-0.2, -0.15) is 4.31 Å². The Morgan fingerprint density at radius 2 is 1.60 bits per heavy atom. The molecule has 4 rings (SSSR count). The summed E-state index contributed by atoms with van der Waals surface area (Å²) in [6.07, 6.45) is 5.98. The minimum Gasteiger partial charge on any atom is -0.346 e. The van der Waals surface area contributed by atoms with E-state index in [9.17, 15) is 27.6 Å². The first-order valence-corrected chi connectivity index (χ1v) is 21.7. The summed E-state index contributed by atoms with van der Waals surface area (Å²) in [5, 5.41) is 11.2. The van der Waals surface area contributed by atoms with E-state index in [2.05, 4.69) is 32.8 Å². The second-order valence-electron chi connectivity index (χ2n) is 17.7. The Hall–Kier alpha value is -4.63. The molecule has 1 aliphatic heterocycles. The van der Waals surface area contributed by atoms with E-state index in [0.29, 0.717) is 25.7 Å². The van der Waals surface area contributed by atoms with Crippen LogP contribution in [0.3, 0.4) is 0 Å². The Balaban J connectivity index is 1.65. The number of likely N-dealkylation sites (N-methyl/N-ethyl adjacent to an activating group) is 1. The monoisotopic (exact) mass is 821 g/mol. The third-order valence-corrected chi connectivity index (χ3v) is 13.1. The van der Waals surface area contributed by atoms with E-state index in [1.807, 2.05) is 72.7 Å². The summed E-state index contributed by atoms with van der Waals surface area (Å²) in [5.74, 6) is -3.19. The predicted molar refractivity (Wildman–Crippen MR) is 223 cm³/mol. The molecule has 5 amide bonds. The van der Waals surface area contributed by atoms with Crippen molar-refractivity contribution < 1.29 is 32.4 Å². The zero-order valence-electron chi connectivity index (χ0n) is 35.3. The molecule has 1 aliphatic carbocycles. The average Bonchev–Trinajstić information content (AvgIpc) is 3.82. The molecule has 2 aromatic rings. The maximum Gasteiger partial charge on any atom is 0.315 e. The first-order valence-electron chi connectivity index (χ1n) is 20.3. The Kier molecular flexibility index (Phi) is 15.4. The number of carbonyl (C=O) groups is 5. The van der Waals surface area contributed by atoms with Crippen LogP contribution >= 0.6 is 0 Å². The number of nitrogens with one attached hydrogen (secondary N) is 4. The molecule has 0 spiro atoms. The lowest BCUT2D eigenvalue weighted by Crippen LogP contribution is -2.61. The summed E-state index contributed by atoms with van der Waals surface area (Å²) in [6.45, 7) is 17.5. The van der Waals surface area contributed by atoms with Gasteiger partial charge in [0.2, 0.25) is 17.6 Å². The van der Waals surface area contributed by atoms with Crippen LogP contribution in [0.4, 0.5) is 4.79 Å². The van der Waals surface area contributed by atoms with Crippen LogP contribution in [0, 0.1) is 22.7 Å². The van der Waals surface area contributed by atoms with Crippen molar-refractivity contribution in [3.63, 3.8) is 0 Å². The number of fused-ring (bicyclic) bond motifs is 1. The number of rotatable bonds is 17. The minimum atomic E-state index is -3.98. The molecular formula is C43H63N7O7S. The largest absolute Gasteiger partial charge is 0.346 e. The highest BCUT2D eigenvalue weighted by Gasteiger charge is 2.50. The number of pyridine rings is 1. The van der Waals surface area contributed by atoms with Crippen LogP contribution in [0.25, 0.3) is 0 Å². The summed E-state index contributed by atoms with van der Waals surface area (Å²) in [4.78, 5) is 75.2. The number of urea groups is 1. The second-order valence-corrected chi connectivity index (χ2v) is 19.7. The summed E-state index contributed by atoms with van der Waals surface area (Å²) >= 11 is 0. The van der Waals surface area contributed by atoms with Crippen LogP contribution in [-0.2, 0) is 42.0 Å². The van der Waals surface area contributed by atoms with Gasteiger partial charge >= 0.3 is 6.03 Å². The lowest BCUT2D eigenvalue weighted by molar-refractivity contribution is -0.144. The van der Waals surface area contributed by atoms with Gasteiger partial charge in [-0.3, -0.25) is 19.2 Å². The highest BCUT2D eigenvalue weighted by Crippen LogP contribution is 2.40. The number of hydrogen-bond donors (Lipinski definition) is 4. The number of nitrogens with zero attached hydrogens (tertiary/aromatic N) is 3. The lowest BCUT2D eigenvalue weighted by Gasteiger charge is -2.38. The van der Waals surface area contributed by atoms with E-state index in [1.165, 1.54) is 30.3 Å². The number of likely N-dealkylation sites (tertiary alicyclic amines) is 1. The summed E-state index contributed by atoms with van der Waals surface area (Å²) in [7, 11) is -2.54. The third-order valence-electron chi connectivity index (χ3n) is 11.4. The SMILES string of the molecule is C=CCNC(=O)C(=O)C(CCCC)NC(=O)[C@@H]1[C@@H](C(C)(C)C)CCN1C(=O)[C@@H](NC(=O)N[C@H](CN(C)S(=O)(=O)c1ccccn1)C(C)(C)C)C1Cc2ccccc2C1. The average molecular weight is 822 g/mol. The Bertz CT molecular complexity index is 1880. The molecule has 5 atom stereocenters. The minimum absolute atomic E-state index is 0.0749. The molecule has 1 saturated heterocycles. The first kappa shape index (κ1) is 46.1. The van der Waals surface area contributed by atoms with Crippen molar-refractivity contribution in [1.29, 1.82) is 0 Å². The first-order chi connectivity index (χ1) is 27.2. The number of benzene rings is 1. The lowest BCUT2D eigenvalue weighted by atomic mass is 9.76. The van der Waals surface area contributed by atoms with Gasteiger partial charge in [0, 0.05) is 38.9 Å². The van der Waals surface area contributed by atoms with Crippen molar-refractivity contribution >= 4 is 39.6 Å². The van der Waals surface area contributed by atoms with E-state index in [-0.39, 0.29) is 42.9 Å². The molecule has 2 aliphatic rings. The molecule has 1 aromatic heterocycles. The zero-order valence-corrected chi connectivity index (χ0v) is 36.2. The smallest absolute Gasteiger partial charge is 0.315 e. The summed E-state index contributed by atoms with van der Waals surface area (Å²) < 4.78 is 28.0. The summed E-state index contributed by atoms with van der Waals surface area (Å²) in [6, 6.07) is 8.04. The number of amides is 5. The molecule has 1 aromatic carbocycles. The fourth-order valence-corrected chi connectivity index (χ4v) is 9.00. The Labute approximate surface area is 344 Å². The number of unbranched alkanes of at least 4 members (excludes halogenated alkanes) is 1. The van der Waals surface area contributed by atoms with Gasteiger partial charge in [0.25, 0.3) is 15.9 Å². The molecule has 318 valence electrons. The Morgan fingerprint density at radius 1 is 0.966 bits per heavy atom. The normalized spacial score (nSPS) is 18.8. The van der Waals surface area contributed by atoms with Gasteiger partial charge in [-0.1, -0.05) is 97.7 Å². The number of ketones is 1. The van der Waals surface area contributed by atoms with Crippen LogP contribution in [0.1, 0.15) is 85.3 Å². The molecule has 0 radical (unpaired) electrons. The molecule has 0 saturated carbocycles. The van der Waals surface area contributed by atoms with Crippen molar-refractivity contribution in [2.45, 2.75) is 116 Å². The highest BCUT2D eigenvalue weighted by atomic mass is 32.2. The van der Waals surface area contributed by atoms with Crippen LogP contribution in [-0.4, -0.2) is 103 Å². The number of aromatic nitrogens is 1. The molecule has 0 bridgehead atoms. The van der Waals surface area contributed by atoms with Gasteiger partial charge in [0.1, 0.15) is 12.1 Å². The van der Waals surface area contributed by atoms with E-state index >= 15 is 4.79 Å². The molecule has 1 unspecified atom stereocenters. The number of hydrogen-bond acceptors (Lipinski definition) is 8. The van der Waals surface area contributed by atoms with E-state index in [4.69, 9.17) is 0 Å². The van der Waals surface area contributed by atoms with Crippen molar-refractivity contribution in [3.05, 3.63) is 72.4 Å². The predicted octanol–water partition coefficient (Wildman–Crippen LogP) is 4.01. The van der Waals surface area contributed by atoms with Gasteiger partial charge in [-0.15, -0.1) is 6.58 Å². The topological polar surface area (TPSA) is 187 Å². The Morgan fingerprint density at radius 3 is 2.16 bits per heavy atom. The third kappa shape index (κ3) is 11.3. The van der Waals surface area contributed by atoms with Gasteiger partial charge < -0.3 is 26.2 Å². The molecular weight excluding hydrogens is 759 g/mol. The van der Waals surface area contributed by atoms with Gasteiger partial charge in [-0.05, 0) is 71.6 Å². The van der Waals surface area contributed by atoms with Crippen molar-refractivity contribution in [3.8, 4) is 0 Å². The van der Waals surface area contributed by atoms with Crippen molar-refractivity contribution in [2.75, 3.05) is 26.7 Å². The fraction of sp³-hybridized carbons (Fsp3) is 0.581. The van der Waals surface area contributed by atoms with Crippen molar-refractivity contribution in [1.82, 2.24) is 35.5 Å². The maximum atomic E-state index is 15.0. The molecule has 4 N–H and O–H groups in total. The quantitative estimate of drug-likeness (QED) is 0.136. The van der Waals surface area contributed by atoms with Gasteiger partial charge in [0.05, 0.1) is 6.04 Å².